The van der Waals surface area contributed by atoms with Crippen LogP contribution in [0, 0.1) is 19.7 Å². The van der Waals surface area contributed by atoms with Crippen LogP contribution in [0.2, 0.25) is 0 Å². The van der Waals surface area contributed by atoms with Crippen molar-refractivity contribution in [3.8, 4) is 0 Å². The Balaban J connectivity index is 2.47. The second-order valence-electron chi connectivity index (χ2n) is 4.63. The van der Waals surface area contributed by atoms with E-state index in [4.69, 9.17) is 5.11 Å². The molecule has 7 heteroatoms. The first-order valence-corrected chi connectivity index (χ1v) is 7.68. The lowest BCUT2D eigenvalue weighted by atomic mass is 10.1. The van der Waals surface area contributed by atoms with Crippen molar-refractivity contribution in [2.24, 2.45) is 0 Å². The van der Waals surface area contributed by atoms with Gasteiger partial charge in [0.25, 0.3) is 10.0 Å². The van der Waals surface area contributed by atoms with Crippen LogP contribution in [0.15, 0.2) is 35.2 Å². The summed E-state index contributed by atoms with van der Waals surface area (Å²) in [5, 5.41) is 9.07. The van der Waals surface area contributed by atoms with Gasteiger partial charge in [0.15, 0.2) is 0 Å². The number of benzene rings is 1. The molecule has 21 heavy (non-hydrogen) atoms. The summed E-state index contributed by atoms with van der Waals surface area (Å²) >= 11 is 0. The molecule has 1 aromatic heterocycles. The van der Waals surface area contributed by atoms with Gasteiger partial charge in [0.2, 0.25) is 0 Å². The van der Waals surface area contributed by atoms with E-state index < -0.39 is 22.4 Å². The molecule has 2 N–H and O–H groups in total. The van der Waals surface area contributed by atoms with Crippen LogP contribution < -0.4 is 4.72 Å². The molecular weight excluding hydrogens is 295 g/mol. The fourth-order valence-corrected chi connectivity index (χ4v) is 3.18. The maximum Gasteiger partial charge on any atom is 0.263 e. The molecule has 0 radical (unpaired) electrons. The van der Waals surface area contributed by atoms with Crippen LogP contribution in [0.5, 0.6) is 0 Å². The lowest BCUT2D eigenvalue weighted by Crippen LogP contribution is -2.16. The number of pyridine rings is 1. The van der Waals surface area contributed by atoms with Gasteiger partial charge in [0.05, 0.1) is 11.5 Å². The highest BCUT2D eigenvalue weighted by Crippen LogP contribution is 2.22. The van der Waals surface area contributed by atoms with Crippen molar-refractivity contribution in [2.75, 3.05) is 4.72 Å². The van der Waals surface area contributed by atoms with Crippen LogP contribution in [-0.4, -0.2) is 18.5 Å². The van der Waals surface area contributed by atoms with Gasteiger partial charge in [0, 0.05) is 11.3 Å². The zero-order valence-electron chi connectivity index (χ0n) is 11.6. The van der Waals surface area contributed by atoms with Crippen LogP contribution in [-0.2, 0) is 16.6 Å². The minimum atomic E-state index is -3.98. The van der Waals surface area contributed by atoms with Gasteiger partial charge in [0.1, 0.15) is 11.6 Å². The van der Waals surface area contributed by atoms with E-state index in [0.717, 1.165) is 6.07 Å². The average molecular weight is 310 g/mol. The maximum atomic E-state index is 13.7. The Morgan fingerprint density at radius 3 is 2.62 bits per heavy atom. The van der Waals surface area contributed by atoms with E-state index in [0.29, 0.717) is 5.69 Å². The van der Waals surface area contributed by atoms with Crippen molar-refractivity contribution >= 4 is 15.8 Å². The smallest absolute Gasteiger partial charge is 0.263 e. The zero-order chi connectivity index (χ0) is 15.6. The van der Waals surface area contributed by atoms with Gasteiger partial charge in [-0.1, -0.05) is 6.07 Å². The number of halogens is 1. The van der Waals surface area contributed by atoms with Crippen molar-refractivity contribution in [1.82, 2.24) is 4.98 Å². The topological polar surface area (TPSA) is 79.3 Å². The van der Waals surface area contributed by atoms with E-state index >= 15 is 0 Å². The molecule has 0 fully saturated rings. The Morgan fingerprint density at radius 1 is 1.29 bits per heavy atom. The van der Waals surface area contributed by atoms with Crippen LogP contribution in [0.25, 0.3) is 0 Å². The number of aliphatic hydroxyl groups excluding tert-OH is 1. The number of rotatable bonds is 4. The zero-order valence-corrected chi connectivity index (χ0v) is 12.4. The Morgan fingerprint density at radius 2 is 2.00 bits per heavy atom. The van der Waals surface area contributed by atoms with E-state index in [1.165, 1.54) is 19.1 Å². The molecular formula is C14H15FN2O3S. The molecule has 0 amide bonds. The van der Waals surface area contributed by atoms with Gasteiger partial charge in [-0.3, -0.25) is 4.72 Å². The highest BCUT2D eigenvalue weighted by atomic mass is 32.2. The molecule has 0 saturated carbocycles. The SMILES string of the molecule is Cc1cccc(NS(=O)(=O)c2cc(CO)cc(F)c2C)n1. The van der Waals surface area contributed by atoms with Crippen molar-refractivity contribution in [3.05, 3.63) is 53.0 Å². The van der Waals surface area contributed by atoms with Crippen LogP contribution in [0.3, 0.4) is 0 Å². The molecule has 0 bridgehead atoms. The minimum absolute atomic E-state index is 0.00708. The van der Waals surface area contributed by atoms with Crippen molar-refractivity contribution in [2.45, 2.75) is 25.3 Å². The monoisotopic (exact) mass is 310 g/mol. The summed E-state index contributed by atoms with van der Waals surface area (Å²) < 4.78 is 40.8. The second-order valence-corrected chi connectivity index (χ2v) is 6.28. The average Bonchev–Trinajstić information content (AvgIpc) is 2.41. The number of aromatic nitrogens is 1. The Labute approximate surface area is 122 Å². The molecule has 0 unspecified atom stereocenters. The summed E-state index contributed by atoms with van der Waals surface area (Å²) in [6, 6.07) is 7.26. The third-order valence-corrected chi connectivity index (χ3v) is 4.44. The molecule has 0 aliphatic carbocycles. The van der Waals surface area contributed by atoms with E-state index in [1.54, 1.807) is 19.1 Å². The van der Waals surface area contributed by atoms with Gasteiger partial charge in [-0.15, -0.1) is 0 Å². The summed E-state index contributed by atoms with van der Waals surface area (Å²) in [7, 11) is -3.98. The van der Waals surface area contributed by atoms with Crippen LogP contribution in [0.4, 0.5) is 10.2 Å². The lowest BCUT2D eigenvalue weighted by Gasteiger charge is -2.12. The number of aliphatic hydroxyl groups is 1. The Bertz CT molecular complexity index is 776. The van der Waals surface area contributed by atoms with E-state index in [-0.39, 0.29) is 21.8 Å². The predicted octanol–water partition coefficient (Wildman–Crippen LogP) is 2.13. The normalized spacial score (nSPS) is 11.4. The van der Waals surface area contributed by atoms with Gasteiger partial charge < -0.3 is 5.11 Å². The number of nitrogens with one attached hydrogen (secondary N) is 1. The molecule has 0 spiro atoms. The standard InChI is InChI=1S/C14H15FN2O3S/c1-9-4-3-5-14(16-9)17-21(19,20)13-7-11(8-18)6-12(15)10(13)2/h3-7,18H,8H2,1-2H3,(H,16,17). The van der Waals surface area contributed by atoms with Gasteiger partial charge in [-0.05, 0) is 43.7 Å². The number of aryl methyl sites for hydroxylation is 1. The highest BCUT2D eigenvalue weighted by molar-refractivity contribution is 7.92. The third kappa shape index (κ3) is 3.37. The molecule has 5 nitrogen and oxygen atoms in total. The minimum Gasteiger partial charge on any atom is -0.392 e. The molecule has 0 atom stereocenters. The predicted molar refractivity (Wildman–Crippen MR) is 76.8 cm³/mol. The van der Waals surface area contributed by atoms with E-state index in [9.17, 15) is 12.8 Å². The summed E-state index contributed by atoms with van der Waals surface area (Å²) in [5.74, 6) is -0.525. The van der Waals surface area contributed by atoms with Crippen molar-refractivity contribution in [3.63, 3.8) is 0 Å². The summed E-state index contributed by atoms with van der Waals surface area (Å²) in [4.78, 5) is 3.83. The summed E-state index contributed by atoms with van der Waals surface area (Å²) in [6.07, 6.45) is 0. The first-order chi connectivity index (χ1) is 9.83. The largest absolute Gasteiger partial charge is 0.392 e. The number of anilines is 1. The van der Waals surface area contributed by atoms with Crippen LogP contribution in [0.1, 0.15) is 16.8 Å². The van der Waals surface area contributed by atoms with Crippen molar-refractivity contribution in [1.29, 1.82) is 0 Å². The third-order valence-electron chi connectivity index (χ3n) is 2.96. The first-order valence-electron chi connectivity index (χ1n) is 6.20. The lowest BCUT2D eigenvalue weighted by molar-refractivity contribution is 0.281. The molecule has 1 aromatic carbocycles. The molecule has 0 aliphatic rings. The van der Waals surface area contributed by atoms with Crippen LogP contribution >= 0.6 is 0 Å². The number of hydrogen-bond acceptors (Lipinski definition) is 4. The Hall–Kier alpha value is -1.99. The highest BCUT2D eigenvalue weighted by Gasteiger charge is 2.20. The molecule has 2 rings (SSSR count). The Kier molecular flexibility index (Phi) is 4.24. The molecule has 0 aliphatic heterocycles. The molecule has 1 heterocycles. The van der Waals surface area contributed by atoms with E-state index in [1.807, 2.05) is 0 Å². The molecule has 2 aromatic rings. The quantitative estimate of drug-likeness (QED) is 0.906. The van der Waals surface area contributed by atoms with Gasteiger partial charge >= 0.3 is 0 Å². The van der Waals surface area contributed by atoms with E-state index in [2.05, 4.69) is 9.71 Å². The number of hydrogen-bond donors (Lipinski definition) is 2. The second kappa shape index (κ2) is 5.79. The van der Waals surface area contributed by atoms with Crippen molar-refractivity contribution < 1.29 is 17.9 Å². The van der Waals surface area contributed by atoms with Gasteiger partial charge in [-0.25, -0.2) is 17.8 Å². The molecule has 112 valence electrons. The number of sulfonamides is 1. The summed E-state index contributed by atoms with van der Waals surface area (Å²) in [5.41, 5.74) is 0.838. The van der Waals surface area contributed by atoms with Gasteiger partial charge in [-0.2, -0.15) is 0 Å². The number of nitrogens with zero attached hydrogens (tertiary/aromatic N) is 1. The first kappa shape index (κ1) is 15.4. The molecule has 0 saturated heterocycles. The fourth-order valence-electron chi connectivity index (χ4n) is 1.87. The maximum absolute atomic E-state index is 13.7. The summed E-state index contributed by atoms with van der Waals surface area (Å²) in [6.45, 7) is 2.66. The fraction of sp³-hybridized carbons (Fsp3) is 0.214.